The highest BCUT2D eigenvalue weighted by atomic mass is 32.2. The van der Waals surface area contributed by atoms with Crippen LogP contribution in [0.15, 0.2) is 53.6 Å². The van der Waals surface area contributed by atoms with Crippen molar-refractivity contribution in [2.45, 2.75) is 36.6 Å². The van der Waals surface area contributed by atoms with Crippen LogP contribution in [0.1, 0.15) is 38.0 Å². The molecule has 2 aromatic carbocycles. The summed E-state index contributed by atoms with van der Waals surface area (Å²) in [6.45, 7) is 5.64. The summed E-state index contributed by atoms with van der Waals surface area (Å²) < 4.78 is 17.7. The minimum absolute atomic E-state index is 0.319. The quantitative estimate of drug-likeness (QED) is 0.759. The molecule has 0 saturated carbocycles. The summed E-state index contributed by atoms with van der Waals surface area (Å²) >= 11 is 0. The smallest absolute Gasteiger partial charge is 0.157 e. The molecule has 0 amide bonds. The van der Waals surface area contributed by atoms with Crippen LogP contribution in [-0.2, 0) is 10.8 Å². The second-order valence-corrected chi connectivity index (χ2v) is 9.14. The number of ether oxygens (including phenoxy) is 1. The summed E-state index contributed by atoms with van der Waals surface area (Å²) in [5.74, 6) is 0.706. The molecular formula is C20H22N2O3S. The Balaban J connectivity index is 2.22. The Morgan fingerprint density at radius 3 is 2.31 bits per heavy atom. The fourth-order valence-electron chi connectivity index (χ4n) is 2.70. The average Bonchev–Trinajstić information content (AvgIpc) is 2.65. The monoisotopic (exact) mass is 370 g/mol. The summed E-state index contributed by atoms with van der Waals surface area (Å²) in [5.41, 5.74) is 1.87. The van der Waals surface area contributed by atoms with Crippen molar-refractivity contribution in [2.24, 2.45) is 0 Å². The lowest BCUT2D eigenvalue weighted by Gasteiger charge is -2.22. The van der Waals surface area contributed by atoms with Gasteiger partial charge < -0.3 is 9.84 Å². The number of nitrogens with zero attached hydrogens (tertiary/aromatic N) is 2. The van der Waals surface area contributed by atoms with Crippen molar-refractivity contribution >= 4 is 21.7 Å². The number of hydrogen-bond acceptors (Lipinski definition) is 5. The van der Waals surface area contributed by atoms with E-state index in [1.165, 1.54) is 0 Å². The topological polar surface area (TPSA) is 72.3 Å². The minimum Gasteiger partial charge on any atom is -0.497 e. The van der Waals surface area contributed by atoms with Gasteiger partial charge in [0.25, 0.3) is 0 Å². The van der Waals surface area contributed by atoms with Crippen LogP contribution in [0.25, 0.3) is 10.9 Å². The van der Waals surface area contributed by atoms with Gasteiger partial charge in [-0.05, 0) is 44.5 Å². The maximum Gasteiger partial charge on any atom is 0.157 e. The van der Waals surface area contributed by atoms with E-state index in [0.29, 0.717) is 27.4 Å². The highest BCUT2D eigenvalue weighted by Gasteiger charge is 2.29. The molecule has 6 heteroatoms. The number of aromatic nitrogens is 2. The highest BCUT2D eigenvalue weighted by molar-refractivity contribution is 7.86. The molecule has 0 bridgehead atoms. The maximum absolute atomic E-state index is 13.0. The summed E-state index contributed by atoms with van der Waals surface area (Å²) in [5, 5.41) is 20.6. The van der Waals surface area contributed by atoms with Gasteiger partial charge in [0.05, 0.1) is 23.4 Å². The number of rotatable bonds is 4. The Morgan fingerprint density at radius 2 is 1.69 bits per heavy atom. The molecular weight excluding hydrogens is 348 g/mol. The van der Waals surface area contributed by atoms with E-state index in [9.17, 15) is 9.32 Å². The molecule has 0 aliphatic carbocycles. The first-order valence-corrected chi connectivity index (χ1v) is 9.47. The van der Waals surface area contributed by atoms with Crippen molar-refractivity contribution in [1.29, 1.82) is 0 Å². The van der Waals surface area contributed by atoms with E-state index in [-0.39, 0.29) is 0 Å². The van der Waals surface area contributed by atoms with E-state index >= 15 is 0 Å². The first kappa shape index (κ1) is 18.5. The van der Waals surface area contributed by atoms with Crippen molar-refractivity contribution in [3.8, 4) is 5.75 Å². The SMILES string of the molecule is COc1ccc(C(O)c2c(S(=O)C(C)(C)C)nnc3ccccc23)cc1. The largest absolute Gasteiger partial charge is 0.497 e. The Hall–Kier alpha value is -2.31. The van der Waals surface area contributed by atoms with Crippen LogP contribution in [-0.4, -0.2) is 31.4 Å². The van der Waals surface area contributed by atoms with Gasteiger partial charge in [-0.15, -0.1) is 10.2 Å². The fourth-order valence-corrected chi connectivity index (χ4v) is 3.82. The third kappa shape index (κ3) is 3.48. The second-order valence-electron chi connectivity index (χ2n) is 6.99. The van der Waals surface area contributed by atoms with Crippen LogP contribution < -0.4 is 4.74 Å². The molecule has 3 rings (SSSR count). The zero-order valence-corrected chi connectivity index (χ0v) is 16.1. The van der Waals surface area contributed by atoms with Crippen molar-refractivity contribution in [2.75, 3.05) is 7.11 Å². The molecule has 1 N–H and O–H groups in total. The zero-order valence-electron chi connectivity index (χ0n) is 15.3. The zero-order chi connectivity index (χ0) is 18.9. The van der Waals surface area contributed by atoms with Gasteiger partial charge in [-0.25, -0.2) is 0 Å². The number of methoxy groups -OCH3 is 1. The average molecular weight is 370 g/mol. The van der Waals surface area contributed by atoms with Crippen molar-refractivity contribution in [3.05, 3.63) is 59.7 Å². The normalized spacial score (nSPS) is 14.2. The summed E-state index contributed by atoms with van der Waals surface area (Å²) in [6, 6.07) is 14.6. The van der Waals surface area contributed by atoms with Gasteiger partial charge >= 0.3 is 0 Å². The molecule has 3 aromatic rings. The lowest BCUT2D eigenvalue weighted by molar-refractivity contribution is 0.217. The Bertz CT molecular complexity index is 949. The molecule has 0 aliphatic rings. The summed E-state index contributed by atoms with van der Waals surface area (Å²) in [4.78, 5) is 0. The van der Waals surface area contributed by atoms with Gasteiger partial charge in [0.2, 0.25) is 0 Å². The first-order chi connectivity index (χ1) is 12.3. The first-order valence-electron chi connectivity index (χ1n) is 8.32. The van der Waals surface area contributed by atoms with Crippen LogP contribution in [0.2, 0.25) is 0 Å². The third-order valence-electron chi connectivity index (χ3n) is 4.11. The van der Waals surface area contributed by atoms with Gasteiger partial charge in [-0.2, -0.15) is 0 Å². The van der Waals surface area contributed by atoms with E-state index in [0.717, 1.165) is 5.39 Å². The number of fused-ring (bicyclic) bond motifs is 1. The lowest BCUT2D eigenvalue weighted by Crippen LogP contribution is -2.25. The van der Waals surface area contributed by atoms with Gasteiger partial charge in [0.1, 0.15) is 11.9 Å². The molecule has 0 spiro atoms. The van der Waals surface area contributed by atoms with E-state index in [2.05, 4.69) is 10.2 Å². The molecule has 136 valence electrons. The van der Waals surface area contributed by atoms with Gasteiger partial charge in [-0.3, -0.25) is 4.21 Å². The third-order valence-corrected chi connectivity index (χ3v) is 5.88. The molecule has 1 aromatic heterocycles. The lowest BCUT2D eigenvalue weighted by atomic mass is 9.99. The maximum atomic E-state index is 13.0. The van der Waals surface area contributed by atoms with E-state index in [4.69, 9.17) is 4.74 Å². The van der Waals surface area contributed by atoms with E-state index in [1.807, 2.05) is 45.0 Å². The van der Waals surface area contributed by atoms with Crippen molar-refractivity contribution in [1.82, 2.24) is 10.2 Å². The van der Waals surface area contributed by atoms with Crippen LogP contribution in [0.5, 0.6) is 5.75 Å². The number of aliphatic hydroxyl groups is 1. The number of aliphatic hydroxyl groups excluding tert-OH is 1. The summed E-state index contributed by atoms with van der Waals surface area (Å²) in [6.07, 6.45) is -0.970. The highest BCUT2D eigenvalue weighted by Crippen LogP contribution is 2.34. The second kappa shape index (κ2) is 7.13. The van der Waals surface area contributed by atoms with Gasteiger partial charge in [0.15, 0.2) is 5.03 Å². The predicted molar refractivity (Wildman–Crippen MR) is 103 cm³/mol. The van der Waals surface area contributed by atoms with Crippen molar-refractivity contribution < 1.29 is 14.1 Å². The molecule has 26 heavy (non-hydrogen) atoms. The van der Waals surface area contributed by atoms with Crippen LogP contribution in [0.4, 0.5) is 0 Å². The predicted octanol–water partition coefficient (Wildman–Crippen LogP) is 3.63. The number of benzene rings is 2. The fraction of sp³-hybridized carbons (Fsp3) is 0.300. The molecule has 2 atom stereocenters. The van der Waals surface area contributed by atoms with Crippen LogP contribution in [0, 0.1) is 0 Å². The Morgan fingerprint density at radius 1 is 1.04 bits per heavy atom. The molecule has 2 unspecified atom stereocenters. The Kier molecular flexibility index (Phi) is 5.07. The standard InChI is InChI=1S/C20H22N2O3S/c1-20(2,3)26(24)19-17(15-7-5-6-8-16(15)21-22-19)18(23)13-9-11-14(25-4)12-10-13/h5-12,18,23H,1-4H3. The van der Waals surface area contributed by atoms with Crippen molar-refractivity contribution in [3.63, 3.8) is 0 Å². The van der Waals surface area contributed by atoms with Crippen LogP contribution in [0.3, 0.4) is 0 Å². The minimum atomic E-state index is -1.43. The van der Waals surface area contributed by atoms with E-state index < -0.39 is 21.7 Å². The summed E-state index contributed by atoms with van der Waals surface area (Å²) in [7, 11) is 0.167. The molecule has 0 fully saturated rings. The number of hydrogen-bond donors (Lipinski definition) is 1. The Labute approximate surface area is 155 Å². The molecule has 0 saturated heterocycles. The van der Waals surface area contributed by atoms with Gasteiger partial charge in [0, 0.05) is 15.7 Å². The van der Waals surface area contributed by atoms with Gasteiger partial charge in [-0.1, -0.05) is 30.3 Å². The molecule has 1 heterocycles. The van der Waals surface area contributed by atoms with Crippen LogP contribution >= 0.6 is 0 Å². The van der Waals surface area contributed by atoms with E-state index in [1.54, 1.807) is 31.4 Å². The molecule has 0 radical (unpaired) electrons. The molecule has 0 aliphatic heterocycles. The molecule has 5 nitrogen and oxygen atoms in total.